The molecular formula is C14H14BF2NO2. The first-order valence-corrected chi connectivity index (χ1v) is 6.08. The van der Waals surface area contributed by atoms with Gasteiger partial charge in [-0.3, -0.25) is 0 Å². The molecule has 2 aromatic rings. The van der Waals surface area contributed by atoms with Gasteiger partial charge in [0.1, 0.15) is 11.6 Å². The number of anilines is 1. The van der Waals surface area contributed by atoms with Crippen LogP contribution in [0.15, 0.2) is 42.5 Å². The number of hydrogen-bond acceptors (Lipinski definition) is 3. The molecule has 0 unspecified atom stereocenters. The van der Waals surface area contributed by atoms with Gasteiger partial charge < -0.3 is 14.9 Å². The maximum absolute atomic E-state index is 13.6. The van der Waals surface area contributed by atoms with Crippen molar-refractivity contribution in [2.24, 2.45) is 0 Å². The Morgan fingerprint density at radius 1 is 1.10 bits per heavy atom. The third-order valence-corrected chi connectivity index (χ3v) is 2.96. The van der Waals surface area contributed by atoms with Crippen molar-refractivity contribution in [2.45, 2.75) is 6.54 Å². The summed E-state index contributed by atoms with van der Waals surface area (Å²) in [4.78, 5) is 1.62. The van der Waals surface area contributed by atoms with E-state index in [9.17, 15) is 8.78 Å². The molecule has 3 nitrogen and oxygen atoms in total. The van der Waals surface area contributed by atoms with Gasteiger partial charge in [0.05, 0.1) is 5.69 Å². The summed E-state index contributed by atoms with van der Waals surface area (Å²) in [5.74, 6) is -0.929. The molecule has 104 valence electrons. The van der Waals surface area contributed by atoms with Gasteiger partial charge in [0.25, 0.3) is 0 Å². The molecule has 0 saturated heterocycles. The highest BCUT2D eigenvalue weighted by molar-refractivity contribution is 6.58. The summed E-state index contributed by atoms with van der Waals surface area (Å²) in [6, 6.07) is 10.1. The first-order valence-electron chi connectivity index (χ1n) is 6.08. The zero-order valence-corrected chi connectivity index (χ0v) is 10.9. The maximum Gasteiger partial charge on any atom is 0.488 e. The Hall–Kier alpha value is -1.92. The van der Waals surface area contributed by atoms with E-state index in [-0.39, 0.29) is 17.8 Å². The van der Waals surface area contributed by atoms with Crippen LogP contribution in [0.25, 0.3) is 0 Å². The zero-order valence-electron chi connectivity index (χ0n) is 10.9. The molecule has 2 N–H and O–H groups in total. The summed E-state index contributed by atoms with van der Waals surface area (Å²) in [6.45, 7) is 0.248. The van der Waals surface area contributed by atoms with Crippen LogP contribution in [0.4, 0.5) is 14.5 Å². The van der Waals surface area contributed by atoms with E-state index in [0.717, 1.165) is 6.07 Å². The molecule has 0 amide bonds. The lowest BCUT2D eigenvalue weighted by Gasteiger charge is -2.20. The zero-order chi connectivity index (χ0) is 14.7. The van der Waals surface area contributed by atoms with Crippen LogP contribution in [-0.4, -0.2) is 24.2 Å². The van der Waals surface area contributed by atoms with Crippen LogP contribution in [0, 0.1) is 11.6 Å². The summed E-state index contributed by atoms with van der Waals surface area (Å²) in [6.07, 6.45) is 0. The van der Waals surface area contributed by atoms with Crippen molar-refractivity contribution < 1.29 is 18.8 Å². The number of rotatable bonds is 4. The number of hydrogen-bond donors (Lipinski definition) is 2. The molecule has 6 heteroatoms. The Morgan fingerprint density at radius 2 is 1.80 bits per heavy atom. The Morgan fingerprint density at radius 3 is 2.45 bits per heavy atom. The SMILES string of the molecule is CN(Cc1cc(F)cc(B(O)O)c1)c1ccccc1F. The van der Waals surface area contributed by atoms with E-state index >= 15 is 0 Å². The van der Waals surface area contributed by atoms with Crippen molar-refractivity contribution in [3.05, 3.63) is 59.7 Å². The molecule has 2 aromatic carbocycles. The summed E-state index contributed by atoms with van der Waals surface area (Å²) in [7, 11) is -0.0542. The number of halogens is 2. The highest BCUT2D eigenvalue weighted by Crippen LogP contribution is 2.19. The lowest BCUT2D eigenvalue weighted by Crippen LogP contribution is -2.31. The van der Waals surface area contributed by atoms with Gasteiger partial charge in [-0.05, 0) is 35.3 Å². The quantitative estimate of drug-likeness (QED) is 0.827. The van der Waals surface area contributed by atoms with Crippen molar-refractivity contribution in [2.75, 3.05) is 11.9 Å². The van der Waals surface area contributed by atoms with Crippen LogP contribution in [0.3, 0.4) is 0 Å². The van der Waals surface area contributed by atoms with Crippen molar-refractivity contribution in [3.63, 3.8) is 0 Å². The van der Waals surface area contributed by atoms with E-state index in [1.807, 2.05) is 0 Å². The predicted molar refractivity (Wildman–Crippen MR) is 74.7 cm³/mol. The highest BCUT2D eigenvalue weighted by atomic mass is 19.1. The van der Waals surface area contributed by atoms with Gasteiger partial charge >= 0.3 is 7.12 Å². The van der Waals surface area contributed by atoms with Crippen molar-refractivity contribution in [3.8, 4) is 0 Å². The fraction of sp³-hybridized carbons (Fsp3) is 0.143. The summed E-state index contributed by atoms with van der Waals surface area (Å²) < 4.78 is 27.0. The van der Waals surface area contributed by atoms with Gasteiger partial charge in [-0.2, -0.15) is 0 Å². The van der Waals surface area contributed by atoms with E-state index in [0.29, 0.717) is 11.3 Å². The highest BCUT2D eigenvalue weighted by Gasteiger charge is 2.14. The van der Waals surface area contributed by atoms with E-state index < -0.39 is 12.9 Å². The third kappa shape index (κ3) is 3.34. The van der Waals surface area contributed by atoms with Crippen LogP contribution in [0.2, 0.25) is 0 Å². The van der Waals surface area contributed by atoms with Crippen LogP contribution in [0.1, 0.15) is 5.56 Å². The number of para-hydroxylation sites is 1. The fourth-order valence-corrected chi connectivity index (χ4v) is 2.04. The number of nitrogens with zero attached hydrogens (tertiary/aromatic N) is 1. The van der Waals surface area contributed by atoms with E-state index in [1.165, 1.54) is 18.2 Å². The van der Waals surface area contributed by atoms with Crippen LogP contribution >= 0.6 is 0 Å². The Labute approximate surface area is 116 Å². The molecule has 0 fully saturated rings. The molecule has 0 aliphatic carbocycles. The normalized spacial score (nSPS) is 10.4. The van der Waals surface area contributed by atoms with Crippen molar-refractivity contribution in [1.29, 1.82) is 0 Å². The predicted octanol–water partition coefficient (Wildman–Crippen LogP) is 1.28. The lowest BCUT2D eigenvalue weighted by atomic mass is 9.79. The van der Waals surface area contributed by atoms with Gasteiger partial charge in [0.2, 0.25) is 0 Å². The second-order valence-electron chi connectivity index (χ2n) is 4.57. The summed E-state index contributed by atoms with van der Waals surface area (Å²) in [5.41, 5.74) is 0.989. The van der Waals surface area contributed by atoms with Crippen LogP contribution in [0.5, 0.6) is 0 Å². The second-order valence-corrected chi connectivity index (χ2v) is 4.57. The van der Waals surface area contributed by atoms with E-state index in [4.69, 9.17) is 10.0 Å². The molecule has 0 aliphatic heterocycles. The molecule has 0 spiro atoms. The third-order valence-electron chi connectivity index (χ3n) is 2.96. The number of benzene rings is 2. The monoisotopic (exact) mass is 277 g/mol. The van der Waals surface area contributed by atoms with Gasteiger partial charge in [-0.15, -0.1) is 0 Å². The van der Waals surface area contributed by atoms with E-state index in [1.54, 1.807) is 30.1 Å². The van der Waals surface area contributed by atoms with E-state index in [2.05, 4.69) is 0 Å². The average molecular weight is 277 g/mol. The molecule has 20 heavy (non-hydrogen) atoms. The van der Waals surface area contributed by atoms with Gasteiger partial charge in [0.15, 0.2) is 0 Å². The molecular weight excluding hydrogens is 263 g/mol. The van der Waals surface area contributed by atoms with Crippen molar-refractivity contribution >= 4 is 18.3 Å². The summed E-state index contributed by atoms with van der Waals surface area (Å²) >= 11 is 0. The average Bonchev–Trinajstić information content (AvgIpc) is 2.38. The first kappa shape index (κ1) is 14.5. The minimum absolute atomic E-state index is 0.0712. The largest absolute Gasteiger partial charge is 0.488 e. The van der Waals surface area contributed by atoms with Gasteiger partial charge in [-0.1, -0.05) is 18.2 Å². The minimum Gasteiger partial charge on any atom is -0.423 e. The smallest absolute Gasteiger partial charge is 0.423 e. The molecule has 0 heterocycles. The fourth-order valence-electron chi connectivity index (χ4n) is 2.04. The topological polar surface area (TPSA) is 43.7 Å². The van der Waals surface area contributed by atoms with Gasteiger partial charge in [0, 0.05) is 13.6 Å². The van der Waals surface area contributed by atoms with Crippen LogP contribution in [-0.2, 0) is 6.54 Å². The second kappa shape index (κ2) is 6.03. The van der Waals surface area contributed by atoms with Crippen LogP contribution < -0.4 is 10.4 Å². The standard InChI is InChI=1S/C14H14BF2NO2/c1-18(14-5-3-2-4-13(14)17)9-10-6-11(15(19)20)8-12(16)7-10/h2-8,19-20H,9H2,1H3. The summed E-state index contributed by atoms with van der Waals surface area (Å²) in [5, 5.41) is 18.2. The molecule has 0 atom stereocenters. The maximum atomic E-state index is 13.6. The Bertz CT molecular complexity index is 607. The molecule has 0 aromatic heterocycles. The lowest BCUT2D eigenvalue weighted by molar-refractivity contribution is 0.425. The molecule has 2 rings (SSSR count). The first-order chi connectivity index (χ1) is 9.47. The molecule has 0 bridgehead atoms. The van der Waals surface area contributed by atoms with Gasteiger partial charge in [-0.25, -0.2) is 8.78 Å². The molecule has 0 radical (unpaired) electrons. The molecule has 0 saturated carbocycles. The Balaban J connectivity index is 2.24. The minimum atomic E-state index is -1.73. The van der Waals surface area contributed by atoms with Crippen molar-refractivity contribution in [1.82, 2.24) is 0 Å². The Kier molecular flexibility index (Phi) is 4.37. The molecule has 0 aliphatic rings.